The molecular formula is C24H22N4S. The number of hydrogen-bond acceptors (Lipinski definition) is 5. The van der Waals surface area contributed by atoms with Crippen molar-refractivity contribution in [3.63, 3.8) is 0 Å². The third-order valence-electron chi connectivity index (χ3n) is 4.75. The van der Waals surface area contributed by atoms with Crippen LogP contribution in [0.2, 0.25) is 0 Å². The maximum atomic E-state index is 4.59. The molecule has 0 radical (unpaired) electrons. The SMILES string of the molecule is c1ccc(C(CSCC(c2ccccn2)c2ccccn2)c2ccccn2)nc1. The molecule has 4 aromatic rings. The molecule has 0 aliphatic heterocycles. The number of aromatic nitrogens is 4. The van der Waals surface area contributed by atoms with Crippen LogP contribution in [0, 0.1) is 0 Å². The van der Waals surface area contributed by atoms with Gasteiger partial charge in [-0.25, -0.2) is 0 Å². The molecule has 0 amide bonds. The van der Waals surface area contributed by atoms with Gasteiger partial charge in [0.25, 0.3) is 0 Å². The number of hydrogen-bond donors (Lipinski definition) is 0. The quantitative estimate of drug-likeness (QED) is 0.420. The van der Waals surface area contributed by atoms with Crippen molar-refractivity contribution in [2.45, 2.75) is 11.8 Å². The van der Waals surface area contributed by atoms with Crippen molar-refractivity contribution in [1.82, 2.24) is 19.9 Å². The highest BCUT2D eigenvalue weighted by molar-refractivity contribution is 7.99. The maximum Gasteiger partial charge on any atom is 0.0526 e. The second-order valence-electron chi connectivity index (χ2n) is 6.66. The topological polar surface area (TPSA) is 51.6 Å². The van der Waals surface area contributed by atoms with Crippen molar-refractivity contribution >= 4 is 11.8 Å². The van der Waals surface area contributed by atoms with Crippen molar-refractivity contribution in [3.05, 3.63) is 120 Å². The number of pyridine rings is 4. The van der Waals surface area contributed by atoms with E-state index in [9.17, 15) is 0 Å². The van der Waals surface area contributed by atoms with Gasteiger partial charge in [-0.1, -0.05) is 24.3 Å². The third-order valence-corrected chi connectivity index (χ3v) is 5.89. The Labute approximate surface area is 175 Å². The molecule has 4 nitrogen and oxygen atoms in total. The average molecular weight is 399 g/mol. The Morgan fingerprint density at radius 1 is 0.483 bits per heavy atom. The molecule has 0 spiro atoms. The summed E-state index contributed by atoms with van der Waals surface area (Å²) in [6, 6.07) is 24.2. The normalized spacial score (nSPS) is 11.1. The second-order valence-corrected chi connectivity index (χ2v) is 7.74. The molecule has 4 heterocycles. The van der Waals surface area contributed by atoms with Crippen LogP contribution >= 0.6 is 11.8 Å². The monoisotopic (exact) mass is 398 g/mol. The smallest absolute Gasteiger partial charge is 0.0526 e. The lowest BCUT2D eigenvalue weighted by Crippen LogP contribution is -2.12. The minimum atomic E-state index is 0.149. The molecule has 0 saturated heterocycles. The summed E-state index contributed by atoms with van der Waals surface area (Å²) in [6.07, 6.45) is 7.39. The standard InChI is InChI=1S/C24H22N4S/c1-5-13-25-21(9-1)19(22-10-2-6-14-26-22)17-29-18-20(23-11-3-7-15-27-23)24-12-4-8-16-28-24/h1-16,19-20H,17-18H2. The fraction of sp³-hybridized carbons (Fsp3) is 0.167. The highest BCUT2D eigenvalue weighted by atomic mass is 32.2. The van der Waals surface area contributed by atoms with E-state index in [-0.39, 0.29) is 11.8 Å². The molecule has 5 heteroatoms. The van der Waals surface area contributed by atoms with Gasteiger partial charge in [-0.3, -0.25) is 19.9 Å². The van der Waals surface area contributed by atoms with E-state index in [2.05, 4.69) is 44.2 Å². The summed E-state index contributed by atoms with van der Waals surface area (Å²) in [5.41, 5.74) is 4.19. The minimum Gasteiger partial charge on any atom is -0.261 e. The molecule has 0 atom stereocenters. The molecule has 0 aliphatic rings. The third kappa shape index (κ3) is 5.06. The predicted octanol–water partition coefficient (Wildman–Crippen LogP) is 4.96. The summed E-state index contributed by atoms with van der Waals surface area (Å²) in [4.78, 5) is 18.4. The molecule has 0 bridgehead atoms. The first-order valence-electron chi connectivity index (χ1n) is 9.63. The average Bonchev–Trinajstić information content (AvgIpc) is 2.81. The first kappa shape index (κ1) is 19.3. The molecule has 0 unspecified atom stereocenters. The van der Waals surface area contributed by atoms with Crippen LogP contribution in [0.25, 0.3) is 0 Å². The van der Waals surface area contributed by atoms with Crippen LogP contribution in [0.15, 0.2) is 97.6 Å². The Morgan fingerprint density at radius 3 is 1.03 bits per heavy atom. The second kappa shape index (κ2) is 9.94. The van der Waals surface area contributed by atoms with E-state index < -0.39 is 0 Å². The first-order valence-corrected chi connectivity index (χ1v) is 10.8. The molecule has 0 fully saturated rings. The molecule has 0 aliphatic carbocycles. The van der Waals surface area contributed by atoms with Crippen molar-refractivity contribution in [2.24, 2.45) is 0 Å². The highest BCUT2D eigenvalue weighted by Gasteiger charge is 2.20. The van der Waals surface area contributed by atoms with E-state index in [4.69, 9.17) is 0 Å². The van der Waals surface area contributed by atoms with Crippen molar-refractivity contribution in [2.75, 3.05) is 11.5 Å². The van der Waals surface area contributed by atoms with E-state index in [0.29, 0.717) is 0 Å². The molecule has 4 rings (SSSR count). The summed E-state index contributed by atoms with van der Waals surface area (Å²) in [7, 11) is 0. The Bertz CT molecular complexity index is 820. The first-order chi connectivity index (χ1) is 14.4. The van der Waals surface area contributed by atoms with Gasteiger partial charge in [-0.15, -0.1) is 0 Å². The van der Waals surface area contributed by atoms with E-state index in [0.717, 1.165) is 34.3 Å². The minimum absolute atomic E-state index is 0.149. The van der Waals surface area contributed by atoms with Gasteiger partial charge in [0.15, 0.2) is 0 Å². The maximum absolute atomic E-state index is 4.59. The van der Waals surface area contributed by atoms with Crippen LogP contribution in [0.3, 0.4) is 0 Å². The Balaban J connectivity index is 1.53. The van der Waals surface area contributed by atoms with Gasteiger partial charge in [-0.2, -0.15) is 11.8 Å². The van der Waals surface area contributed by atoms with Crippen LogP contribution in [-0.2, 0) is 0 Å². The summed E-state index contributed by atoms with van der Waals surface area (Å²) in [5, 5.41) is 0. The van der Waals surface area contributed by atoms with E-state index in [1.54, 1.807) is 0 Å². The molecular weight excluding hydrogens is 376 g/mol. The summed E-state index contributed by atoms with van der Waals surface area (Å²) < 4.78 is 0. The number of rotatable bonds is 8. The van der Waals surface area contributed by atoms with Gasteiger partial charge >= 0.3 is 0 Å². The Hall–Kier alpha value is -3.05. The molecule has 0 N–H and O–H groups in total. The van der Waals surface area contributed by atoms with Crippen LogP contribution in [0.5, 0.6) is 0 Å². The lowest BCUT2D eigenvalue weighted by molar-refractivity contribution is 0.826. The van der Waals surface area contributed by atoms with Crippen molar-refractivity contribution < 1.29 is 0 Å². The van der Waals surface area contributed by atoms with Crippen LogP contribution in [0.4, 0.5) is 0 Å². The molecule has 4 aromatic heterocycles. The predicted molar refractivity (Wildman–Crippen MR) is 118 cm³/mol. The van der Waals surface area contributed by atoms with Gasteiger partial charge in [0.1, 0.15) is 0 Å². The van der Waals surface area contributed by atoms with Crippen LogP contribution < -0.4 is 0 Å². The Morgan fingerprint density at radius 2 is 0.793 bits per heavy atom. The summed E-state index contributed by atoms with van der Waals surface area (Å²) in [5.74, 6) is 2.08. The van der Waals surface area contributed by atoms with E-state index in [1.807, 2.05) is 85.1 Å². The van der Waals surface area contributed by atoms with Crippen LogP contribution in [0.1, 0.15) is 34.6 Å². The number of thioether (sulfide) groups is 1. The summed E-state index contributed by atoms with van der Waals surface area (Å²) in [6.45, 7) is 0. The molecule has 0 saturated carbocycles. The van der Waals surface area contributed by atoms with Gasteiger partial charge in [0.2, 0.25) is 0 Å². The number of nitrogens with zero attached hydrogens (tertiary/aromatic N) is 4. The fourth-order valence-corrected chi connectivity index (χ4v) is 4.57. The zero-order chi connectivity index (χ0) is 19.7. The van der Waals surface area contributed by atoms with E-state index >= 15 is 0 Å². The Kier molecular flexibility index (Phi) is 6.60. The highest BCUT2D eigenvalue weighted by Crippen LogP contribution is 2.30. The fourth-order valence-electron chi connectivity index (χ4n) is 3.28. The molecule has 29 heavy (non-hydrogen) atoms. The lowest BCUT2D eigenvalue weighted by atomic mass is 10.0. The lowest BCUT2D eigenvalue weighted by Gasteiger charge is -2.19. The van der Waals surface area contributed by atoms with Crippen LogP contribution in [-0.4, -0.2) is 31.4 Å². The molecule has 0 aromatic carbocycles. The largest absolute Gasteiger partial charge is 0.261 e. The summed E-state index contributed by atoms with van der Waals surface area (Å²) >= 11 is 1.89. The van der Waals surface area contributed by atoms with Crippen molar-refractivity contribution in [1.29, 1.82) is 0 Å². The zero-order valence-electron chi connectivity index (χ0n) is 16.0. The van der Waals surface area contributed by atoms with E-state index in [1.165, 1.54) is 0 Å². The van der Waals surface area contributed by atoms with Gasteiger partial charge in [0, 0.05) is 36.3 Å². The zero-order valence-corrected chi connectivity index (χ0v) is 16.8. The molecule has 144 valence electrons. The van der Waals surface area contributed by atoms with Gasteiger partial charge in [0.05, 0.1) is 34.6 Å². The van der Waals surface area contributed by atoms with Crippen molar-refractivity contribution in [3.8, 4) is 0 Å². The van der Waals surface area contributed by atoms with Gasteiger partial charge in [-0.05, 0) is 48.5 Å². The van der Waals surface area contributed by atoms with Gasteiger partial charge < -0.3 is 0 Å².